The van der Waals surface area contributed by atoms with Gasteiger partial charge in [-0.2, -0.15) is 5.26 Å². The first-order valence-electron chi connectivity index (χ1n) is 9.77. The molecule has 1 saturated carbocycles. The fourth-order valence-electron chi connectivity index (χ4n) is 3.23. The van der Waals surface area contributed by atoms with Gasteiger partial charge in [0, 0.05) is 5.69 Å². The molecule has 0 radical (unpaired) electrons. The number of benzene rings is 1. The first kappa shape index (κ1) is 19.3. The Hall–Kier alpha value is -1.51. The number of nitrogens with zero attached hydrogens (tertiary/aromatic N) is 1. The molecule has 26 heavy (non-hydrogen) atoms. The molecule has 1 N–H and O–H groups in total. The van der Waals surface area contributed by atoms with Gasteiger partial charge in [-0.15, -0.1) is 0 Å². The van der Waals surface area contributed by atoms with E-state index in [1.807, 2.05) is 12.1 Å². The van der Waals surface area contributed by atoms with E-state index in [9.17, 15) is 5.26 Å². The molecule has 1 fully saturated rings. The highest BCUT2D eigenvalue weighted by atomic mass is 28.4. The van der Waals surface area contributed by atoms with Crippen molar-refractivity contribution in [1.29, 1.82) is 5.26 Å². The first-order chi connectivity index (χ1) is 12.1. The summed E-state index contributed by atoms with van der Waals surface area (Å²) in [5, 5.41) is 13.1. The van der Waals surface area contributed by atoms with Gasteiger partial charge < -0.3 is 14.5 Å². The van der Waals surface area contributed by atoms with Gasteiger partial charge in [0.1, 0.15) is 17.4 Å². The van der Waals surface area contributed by atoms with E-state index in [1.54, 1.807) is 0 Å². The third kappa shape index (κ3) is 3.92. The van der Waals surface area contributed by atoms with Crippen LogP contribution in [-0.2, 0) is 10.8 Å². The van der Waals surface area contributed by atoms with Crippen LogP contribution in [0.25, 0.3) is 0 Å². The zero-order valence-corrected chi connectivity index (χ0v) is 17.8. The molecule has 1 aliphatic heterocycles. The maximum absolute atomic E-state index is 9.41. The maximum Gasteiger partial charge on any atom is 0.192 e. The summed E-state index contributed by atoms with van der Waals surface area (Å²) in [6.45, 7) is 12.0. The minimum atomic E-state index is -1.74. The molecule has 1 heterocycles. The van der Waals surface area contributed by atoms with Crippen LogP contribution >= 0.6 is 0 Å². The molecule has 0 aromatic heterocycles. The zero-order chi connectivity index (χ0) is 19.0. The number of hydrogen-bond acceptors (Lipinski definition) is 4. The normalized spacial score (nSPS) is 21.8. The summed E-state index contributed by atoms with van der Waals surface area (Å²) < 4.78 is 12.5. The molecule has 0 amide bonds. The van der Waals surface area contributed by atoms with Crippen LogP contribution in [0.5, 0.6) is 5.75 Å². The quantitative estimate of drug-likeness (QED) is 0.716. The molecule has 2 aliphatic rings. The Bertz CT molecular complexity index is 699. The van der Waals surface area contributed by atoms with Crippen LogP contribution < -0.4 is 10.1 Å². The lowest BCUT2D eigenvalue weighted by molar-refractivity contribution is 0.102. The molecule has 142 valence electrons. The highest BCUT2D eigenvalue weighted by molar-refractivity contribution is 6.74. The number of rotatable bonds is 5. The van der Waals surface area contributed by atoms with E-state index in [-0.39, 0.29) is 16.7 Å². The number of aryl methyl sites for hydroxylation is 1. The van der Waals surface area contributed by atoms with Crippen molar-refractivity contribution in [2.24, 2.45) is 0 Å². The van der Waals surface area contributed by atoms with Crippen LogP contribution in [0.15, 0.2) is 18.2 Å². The van der Waals surface area contributed by atoms with Gasteiger partial charge in [-0.05, 0) is 74.0 Å². The van der Waals surface area contributed by atoms with Crippen LogP contribution in [0.2, 0.25) is 18.1 Å². The fraction of sp³-hybridized carbons (Fsp3) is 0.667. The van der Waals surface area contributed by atoms with E-state index in [4.69, 9.17) is 9.16 Å². The van der Waals surface area contributed by atoms with Crippen molar-refractivity contribution in [3.8, 4) is 11.8 Å². The summed E-state index contributed by atoms with van der Waals surface area (Å²) in [4.78, 5) is 0. The summed E-state index contributed by atoms with van der Waals surface area (Å²) >= 11 is 0. The number of ether oxygens (including phenoxy) is 1. The second-order valence-electron chi connectivity index (χ2n) is 9.34. The zero-order valence-electron chi connectivity index (χ0n) is 16.8. The van der Waals surface area contributed by atoms with Crippen molar-refractivity contribution >= 4 is 14.0 Å². The summed E-state index contributed by atoms with van der Waals surface area (Å²) in [6.07, 6.45) is 5.11. The van der Waals surface area contributed by atoms with Crippen LogP contribution in [-0.4, -0.2) is 26.6 Å². The molecule has 0 spiro atoms. The van der Waals surface area contributed by atoms with Crippen molar-refractivity contribution < 1.29 is 9.16 Å². The van der Waals surface area contributed by atoms with Crippen molar-refractivity contribution in [3.63, 3.8) is 0 Å². The largest absolute Gasteiger partial charge is 0.488 e. The summed E-state index contributed by atoms with van der Waals surface area (Å²) in [5.74, 6) is 0.963. The molecule has 5 heteroatoms. The van der Waals surface area contributed by atoms with E-state index in [2.05, 4.69) is 51.3 Å². The molecule has 1 aromatic rings. The summed E-state index contributed by atoms with van der Waals surface area (Å²) in [5.41, 5.74) is 1.90. The number of nitriles is 1. The molecular formula is C21H32N2O2Si. The lowest BCUT2D eigenvalue weighted by atomic mass is 9.78. The van der Waals surface area contributed by atoms with Crippen molar-refractivity contribution in [1.82, 2.24) is 0 Å². The highest BCUT2D eigenvalue weighted by Crippen LogP contribution is 2.38. The van der Waals surface area contributed by atoms with Gasteiger partial charge in [0.05, 0.1) is 12.7 Å². The SMILES string of the molecule is CC(C)(C)[Si](C)(C)OCC1CCc2cc(NC3(C#N)CCC3)ccc2O1. The second kappa shape index (κ2) is 6.90. The fourth-order valence-corrected chi connectivity index (χ4v) is 4.26. The Labute approximate surface area is 159 Å². The summed E-state index contributed by atoms with van der Waals surface area (Å²) in [7, 11) is -1.74. The number of nitrogens with one attached hydrogen (secondary N) is 1. The van der Waals surface area contributed by atoms with E-state index in [0.717, 1.165) is 43.5 Å². The molecule has 1 aromatic carbocycles. The lowest BCUT2D eigenvalue weighted by Crippen LogP contribution is -2.44. The summed E-state index contributed by atoms with van der Waals surface area (Å²) in [6, 6.07) is 8.67. The smallest absolute Gasteiger partial charge is 0.192 e. The third-order valence-electron chi connectivity index (χ3n) is 6.33. The Morgan fingerprint density at radius 3 is 2.65 bits per heavy atom. The van der Waals surface area contributed by atoms with Crippen LogP contribution in [0, 0.1) is 11.3 Å². The van der Waals surface area contributed by atoms with E-state index in [0.29, 0.717) is 6.61 Å². The van der Waals surface area contributed by atoms with Gasteiger partial charge in [-0.1, -0.05) is 20.8 Å². The number of anilines is 1. The Morgan fingerprint density at radius 1 is 1.35 bits per heavy atom. The topological polar surface area (TPSA) is 54.3 Å². The molecule has 3 rings (SSSR count). The number of hydrogen-bond donors (Lipinski definition) is 1. The second-order valence-corrected chi connectivity index (χ2v) is 14.2. The minimum Gasteiger partial charge on any atom is -0.488 e. The van der Waals surface area contributed by atoms with Gasteiger partial charge in [0.25, 0.3) is 0 Å². The third-order valence-corrected chi connectivity index (χ3v) is 10.8. The Kier molecular flexibility index (Phi) is 5.11. The predicted molar refractivity (Wildman–Crippen MR) is 108 cm³/mol. The van der Waals surface area contributed by atoms with E-state index in [1.165, 1.54) is 5.56 Å². The van der Waals surface area contributed by atoms with E-state index >= 15 is 0 Å². The molecular weight excluding hydrogens is 340 g/mol. The molecule has 0 bridgehead atoms. The Morgan fingerprint density at radius 2 is 2.08 bits per heavy atom. The molecule has 1 atom stereocenters. The molecule has 4 nitrogen and oxygen atoms in total. The lowest BCUT2D eigenvalue weighted by Gasteiger charge is -2.38. The number of fused-ring (bicyclic) bond motifs is 1. The predicted octanol–water partition coefficient (Wildman–Crippen LogP) is 5.26. The van der Waals surface area contributed by atoms with Gasteiger partial charge in [0.2, 0.25) is 0 Å². The van der Waals surface area contributed by atoms with Crippen LogP contribution in [0.3, 0.4) is 0 Å². The van der Waals surface area contributed by atoms with Gasteiger partial charge in [-0.25, -0.2) is 0 Å². The van der Waals surface area contributed by atoms with Crippen molar-refractivity contribution in [2.45, 2.75) is 82.7 Å². The van der Waals surface area contributed by atoms with Crippen molar-refractivity contribution in [2.75, 3.05) is 11.9 Å². The maximum atomic E-state index is 9.41. The van der Waals surface area contributed by atoms with Crippen LogP contribution in [0.4, 0.5) is 5.69 Å². The van der Waals surface area contributed by atoms with Crippen LogP contribution in [0.1, 0.15) is 52.0 Å². The first-order valence-corrected chi connectivity index (χ1v) is 12.7. The molecule has 1 aliphatic carbocycles. The van der Waals surface area contributed by atoms with Gasteiger partial charge in [0.15, 0.2) is 8.32 Å². The van der Waals surface area contributed by atoms with Crippen molar-refractivity contribution in [3.05, 3.63) is 23.8 Å². The average molecular weight is 373 g/mol. The Balaban J connectivity index is 1.60. The highest BCUT2D eigenvalue weighted by Gasteiger charge is 2.39. The molecule has 0 saturated heterocycles. The minimum absolute atomic E-state index is 0.132. The van der Waals surface area contributed by atoms with E-state index < -0.39 is 8.32 Å². The average Bonchev–Trinajstić information content (AvgIpc) is 2.55. The van der Waals surface area contributed by atoms with Gasteiger partial charge in [-0.3, -0.25) is 0 Å². The van der Waals surface area contributed by atoms with Gasteiger partial charge >= 0.3 is 0 Å². The molecule has 1 unspecified atom stereocenters. The standard InChI is InChI=1S/C21H32N2O2Si/c1-20(2,3)26(4,5)24-14-18-9-7-16-13-17(8-10-19(16)25-18)23-21(15-22)11-6-12-21/h8,10,13,18,23H,6-7,9,11-12,14H2,1-5H3. The monoisotopic (exact) mass is 372 g/mol.